The highest BCUT2D eigenvalue weighted by Gasteiger charge is 2.18. The van der Waals surface area contributed by atoms with E-state index in [2.05, 4.69) is 10.6 Å². The molecular formula is C22H18Cl2N2O4. The number of ether oxygens (including phenoxy) is 2. The Kier molecular flexibility index (Phi) is 6.82. The Morgan fingerprint density at radius 1 is 0.767 bits per heavy atom. The molecule has 0 spiro atoms. The van der Waals surface area contributed by atoms with Crippen LogP contribution in [0.3, 0.4) is 0 Å². The summed E-state index contributed by atoms with van der Waals surface area (Å²) in [6, 6.07) is 16.4. The van der Waals surface area contributed by atoms with Gasteiger partial charge < -0.3 is 20.1 Å². The van der Waals surface area contributed by atoms with Crippen molar-refractivity contribution in [3.8, 4) is 11.5 Å². The predicted molar refractivity (Wildman–Crippen MR) is 118 cm³/mol. The van der Waals surface area contributed by atoms with Gasteiger partial charge in [-0.15, -0.1) is 0 Å². The number of hydrogen-bond acceptors (Lipinski definition) is 4. The Morgan fingerprint density at radius 3 is 1.80 bits per heavy atom. The molecule has 0 atom stereocenters. The third-order valence-electron chi connectivity index (χ3n) is 4.23. The maximum absolute atomic E-state index is 12.7. The van der Waals surface area contributed by atoms with E-state index in [1.165, 1.54) is 20.3 Å². The van der Waals surface area contributed by atoms with Gasteiger partial charge in [-0.3, -0.25) is 9.59 Å². The number of hydrogen-bond donors (Lipinski definition) is 2. The molecule has 0 aromatic heterocycles. The number of anilines is 2. The van der Waals surface area contributed by atoms with Gasteiger partial charge in [0.2, 0.25) is 0 Å². The van der Waals surface area contributed by atoms with Crippen LogP contribution >= 0.6 is 23.2 Å². The van der Waals surface area contributed by atoms with E-state index in [1.807, 2.05) is 0 Å². The number of nitrogens with one attached hydrogen (secondary N) is 2. The van der Waals surface area contributed by atoms with Crippen LogP contribution in [-0.2, 0) is 0 Å². The van der Waals surface area contributed by atoms with Crippen molar-refractivity contribution in [2.45, 2.75) is 0 Å². The average molecular weight is 445 g/mol. The van der Waals surface area contributed by atoms with Crippen molar-refractivity contribution in [3.63, 3.8) is 0 Å². The molecule has 0 aliphatic heterocycles. The van der Waals surface area contributed by atoms with Crippen LogP contribution in [0, 0.1) is 0 Å². The van der Waals surface area contributed by atoms with E-state index in [9.17, 15) is 9.59 Å². The second kappa shape index (κ2) is 9.52. The number of carbonyl (C=O) groups is 2. The van der Waals surface area contributed by atoms with Crippen molar-refractivity contribution in [3.05, 3.63) is 81.8 Å². The number of carbonyl (C=O) groups excluding carboxylic acids is 2. The number of halogens is 2. The van der Waals surface area contributed by atoms with Crippen molar-refractivity contribution < 1.29 is 19.1 Å². The van der Waals surface area contributed by atoms with E-state index in [1.54, 1.807) is 54.6 Å². The summed E-state index contributed by atoms with van der Waals surface area (Å²) >= 11 is 11.9. The first kappa shape index (κ1) is 21.5. The molecule has 0 aliphatic rings. The molecule has 0 saturated heterocycles. The van der Waals surface area contributed by atoms with Gasteiger partial charge in [-0.1, -0.05) is 29.3 Å². The van der Waals surface area contributed by atoms with Gasteiger partial charge in [0.1, 0.15) is 17.1 Å². The number of amides is 2. The highest BCUT2D eigenvalue weighted by molar-refractivity contribution is 6.37. The molecule has 2 N–H and O–H groups in total. The van der Waals surface area contributed by atoms with Gasteiger partial charge in [0, 0.05) is 16.4 Å². The highest BCUT2D eigenvalue weighted by atomic mass is 35.5. The summed E-state index contributed by atoms with van der Waals surface area (Å²) in [7, 11) is 2.96. The summed E-state index contributed by atoms with van der Waals surface area (Å²) in [6.07, 6.45) is 0. The maximum atomic E-state index is 12.7. The fourth-order valence-corrected chi connectivity index (χ4v) is 3.27. The van der Waals surface area contributed by atoms with Crippen molar-refractivity contribution in [2.75, 3.05) is 24.9 Å². The molecule has 0 fully saturated rings. The van der Waals surface area contributed by atoms with Gasteiger partial charge in [0.05, 0.1) is 24.8 Å². The molecule has 0 aliphatic carbocycles. The lowest BCUT2D eigenvalue weighted by molar-refractivity contribution is 0.101. The molecule has 0 bridgehead atoms. The topological polar surface area (TPSA) is 76.7 Å². The molecule has 154 valence electrons. The number of rotatable bonds is 6. The smallest absolute Gasteiger partial charge is 0.263 e. The Bertz CT molecular complexity index is 1060. The van der Waals surface area contributed by atoms with Crippen LogP contribution in [0.2, 0.25) is 10.0 Å². The van der Waals surface area contributed by atoms with E-state index in [-0.39, 0.29) is 22.4 Å². The lowest BCUT2D eigenvalue weighted by Crippen LogP contribution is -2.15. The van der Waals surface area contributed by atoms with Crippen molar-refractivity contribution >= 4 is 46.4 Å². The zero-order valence-electron chi connectivity index (χ0n) is 16.2. The lowest BCUT2D eigenvalue weighted by Gasteiger charge is -2.13. The summed E-state index contributed by atoms with van der Waals surface area (Å²) < 4.78 is 10.5. The van der Waals surface area contributed by atoms with Gasteiger partial charge in [-0.2, -0.15) is 0 Å². The first-order chi connectivity index (χ1) is 14.4. The predicted octanol–water partition coefficient (Wildman–Crippen LogP) is 5.52. The first-order valence-corrected chi connectivity index (χ1v) is 9.57. The van der Waals surface area contributed by atoms with Gasteiger partial charge in [0.25, 0.3) is 11.8 Å². The molecule has 0 saturated carbocycles. The summed E-state index contributed by atoms with van der Waals surface area (Å²) in [5.41, 5.74) is 1.67. The lowest BCUT2D eigenvalue weighted by atomic mass is 10.1. The monoisotopic (exact) mass is 444 g/mol. The number of benzene rings is 3. The molecule has 8 heteroatoms. The first-order valence-electron chi connectivity index (χ1n) is 8.81. The summed E-state index contributed by atoms with van der Waals surface area (Å²) in [5.74, 6) is 0.0485. The Balaban J connectivity index is 1.72. The van der Waals surface area contributed by atoms with E-state index in [0.717, 1.165) is 0 Å². The van der Waals surface area contributed by atoms with Crippen molar-refractivity contribution in [1.29, 1.82) is 0 Å². The molecule has 2 amide bonds. The Hall–Kier alpha value is -3.22. The van der Waals surface area contributed by atoms with Gasteiger partial charge in [0.15, 0.2) is 0 Å². The Morgan fingerprint density at radius 2 is 1.30 bits per heavy atom. The summed E-state index contributed by atoms with van der Waals surface area (Å²) in [4.78, 5) is 25.1. The highest BCUT2D eigenvalue weighted by Crippen LogP contribution is 2.29. The van der Waals surface area contributed by atoms with Gasteiger partial charge >= 0.3 is 0 Å². The molecular weight excluding hydrogens is 427 g/mol. The van der Waals surface area contributed by atoms with Gasteiger partial charge in [-0.05, 0) is 54.6 Å². The van der Waals surface area contributed by atoms with Crippen LogP contribution in [0.15, 0.2) is 60.7 Å². The molecule has 0 unspecified atom stereocenters. The fraction of sp³-hybridized carbons (Fsp3) is 0.0909. The zero-order valence-corrected chi connectivity index (χ0v) is 17.7. The van der Waals surface area contributed by atoms with Crippen LogP contribution in [-0.4, -0.2) is 26.0 Å². The largest absolute Gasteiger partial charge is 0.496 e. The second-order valence-corrected chi connectivity index (χ2v) is 6.99. The minimum Gasteiger partial charge on any atom is -0.496 e. The molecule has 3 aromatic rings. The minimum absolute atomic E-state index is 0.259. The summed E-state index contributed by atoms with van der Waals surface area (Å²) in [6.45, 7) is 0. The van der Waals surface area contributed by atoms with Crippen LogP contribution in [0.1, 0.15) is 20.7 Å². The molecule has 0 radical (unpaired) electrons. The van der Waals surface area contributed by atoms with Crippen LogP contribution < -0.4 is 20.1 Å². The summed E-state index contributed by atoms with van der Waals surface area (Å²) in [5, 5.41) is 6.24. The number of methoxy groups -OCH3 is 2. The second-order valence-electron chi connectivity index (χ2n) is 6.15. The molecule has 30 heavy (non-hydrogen) atoms. The molecule has 3 aromatic carbocycles. The molecule has 6 nitrogen and oxygen atoms in total. The van der Waals surface area contributed by atoms with Crippen molar-refractivity contribution in [2.24, 2.45) is 0 Å². The van der Waals surface area contributed by atoms with E-state index < -0.39 is 0 Å². The minimum atomic E-state index is -0.381. The van der Waals surface area contributed by atoms with Gasteiger partial charge in [-0.25, -0.2) is 0 Å². The van der Waals surface area contributed by atoms with Crippen LogP contribution in [0.4, 0.5) is 11.4 Å². The average Bonchev–Trinajstić information content (AvgIpc) is 2.74. The molecule has 0 heterocycles. The normalized spacial score (nSPS) is 10.3. The standard InChI is InChI=1S/C22H18Cl2N2O4/c1-29-18-4-3-5-19(30-2)20(18)22(28)26-15-9-7-14(8-10-15)25-21(27)16-11-6-13(23)12-17(16)24/h3-12H,1-2H3,(H,25,27)(H,26,28). The van der Waals surface area contributed by atoms with E-state index in [4.69, 9.17) is 32.7 Å². The fourth-order valence-electron chi connectivity index (χ4n) is 2.78. The maximum Gasteiger partial charge on any atom is 0.263 e. The van der Waals surface area contributed by atoms with Crippen LogP contribution in [0.25, 0.3) is 0 Å². The van der Waals surface area contributed by atoms with Crippen molar-refractivity contribution in [1.82, 2.24) is 0 Å². The Labute approximate surface area is 183 Å². The van der Waals surface area contributed by atoms with E-state index in [0.29, 0.717) is 33.5 Å². The van der Waals surface area contributed by atoms with E-state index >= 15 is 0 Å². The molecule has 3 rings (SSSR count). The third kappa shape index (κ3) is 4.84. The third-order valence-corrected chi connectivity index (χ3v) is 4.78. The van der Waals surface area contributed by atoms with Crippen LogP contribution in [0.5, 0.6) is 11.5 Å². The zero-order chi connectivity index (χ0) is 21.7. The SMILES string of the molecule is COc1cccc(OC)c1C(=O)Nc1ccc(NC(=O)c2ccc(Cl)cc2Cl)cc1. The quantitative estimate of drug-likeness (QED) is 0.524.